The number of nitrogens with one attached hydrogen (secondary N) is 1. The van der Waals surface area contributed by atoms with Crippen LogP contribution in [0.4, 0.5) is 0 Å². The van der Waals surface area contributed by atoms with Gasteiger partial charge in [0.1, 0.15) is 9.84 Å². The van der Waals surface area contributed by atoms with Crippen LogP contribution in [0.5, 0.6) is 0 Å². The zero-order valence-corrected chi connectivity index (χ0v) is 14.8. The summed E-state index contributed by atoms with van der Waals surface area (Å²) in [7, 11) is -2.77. The summed E-state index contributed by atoms with van der Waals surface area (Å²) in [4.78, 5) is 2.63. The van der Waals surface area contributed by atoms with E-state index in [1.54, 1.807) is 0 Å². The molecular formula is C16H32N2O2S. The molecule has 0 saturated carbocycles. The molecule has 2 aliphatic heterocycles. The molecule has 0 aliphatic carbocycles. The molecule has 0 aromatic carbocycles. The van der Waals surface area contributed by atoms with Gasteiger partial charge in [0.25, 0.3) is 0 Å². The molecule has 2 heterocycles. The highest BCUT2D eigenvalue weighted by Gasteiger charge is 2.37. The van der Waals surface area contributed by atoms with Crippen LogP contribution in [0.15, 0.2) is 0 Å². The van der Waals surface area contributed by atoms with Crippen molar-refractivity contribution >= 4 is 9.84 Å². The smallest absolute Gasteiger partial charge is 0.150 e. The number of hydrogen-bond acceptors (Lipinski definition) is 4. The van der Waals surface area contributed by atoms with Gasteiger partial charge >= 0.3 is 0 Å². The average molecular weight is 317 g/mol. The first kappa shape index (κ1) is 17.2. The molecule has 21 heavy (non-hydrogen) atoms. The van der Waals surface area contributed by atoms with Gasteiger partial charge in [-0.1, -0.05) is 34.1 Å². The van der Waals surface area contributed by atoms with Crippen molar-refractivity contribution in [3.8, 4) is 0 Å². The van der Waals surface area contributed by atoms with Crippen molar-refractivity contribution in [2.75, 3.05) is 24.6 Å². The number of hydrogen-bond donors (Lipinski definition) is 1. The van der Waals surface area contributed by atoms with Crippen LogP contribution in [-0.2, 0) is 9.84 Å². The van der Waals surface area contributed by atoms with Gasteiger partial charge in [-0.15, -0.1) is 0 Å². The van der Waals surface area contributed by atoms with Crippen LogP contribution in [0.3, 0.4) is 0 Å². The lowest BCUT2D eigenvalue weighted by Gasteiger charge is -2.48. The van der Waals surface area contributed by atoms with E-state index in [-0.39, 0.29) is 0 Å². The minimum absolute atomic E-state index is 0.375. The van der Waals surface area contributed by atoms with Crippen molar-refractivity contribution in [2.24, 2.45) is 11.8 Å². The number of sulfone groups is 1. The molecule has 4 nitrogen and oxygen atoms in total. The number of piperazine rings is 1. The highest BCUT2D eigenvalue weighted by molar-refractivity contribution is 7.91. The van der Waals surface area contributed by atoms with Crippen LogP contribution in [0.25, 0.3) is 0 Å². The quantitative estimate of drug-likeness (QED) is 0.861. The molecule has 3 atom stereocenters. The molecule has 2 rings (SSSR count). The molecular weight excluding hydrogens is 284 g/mol. The van der Waals surface area contributed by atoms with Gasteiger partial charge in [-0.2, -0.15) is 0 Å². The fourth-order valence-corrected chi connectivity index (χ4v) is 5.20. The van der Waals surface area contributed by atoms with Crippen molar-refractivity contribution in [1.82, 2.24) is 10.2 Å². The van der Waals surface area contributed by atoms with E-state index < -0.39 is 9.84 Å². The lowest BCUT2D eigenvalue weighted by molar-refractivity contribution is 0.0391. The van der Waals surface area contributed by atoms with Gasteiger partial charge < -0.3 is 5.32 Å². The number of rotatable bonds is 4. The molecule has 0 radical (unpaired) electrons. The second-order valence-electron chi connectivity index (χ2n) is 7.29. The SMILES string of the molecule is CCC(C)C1CN(C2CCS(=O)(=O)CC2)C(C(C)C)CN1. The van der Waals surface area contributed by atoms with Crippen LogP contribution < -0.4 is 5.32 Å². The minimum atomic E-state index is -2.77. The monoisotopic (exact) mass is 316 g/mol. The van der Waals surface area contributed by atoms with Crippen LogP contribution in [0.1, 0.15) is 47.0 Å². The Hall–Kier alpha value is -0.130. The highest BCUT2D eigenvalue weighted by atomic mass is 32.2. The van der Waals surface area contributed by atoms with Crippen molar-refractivity contribution in [3.63, 3.8) is 0 Å². The lowest BCUT2D eigenvalue weighted by atomic mass is 9.90. The van der Waals surface area contributed by atoms with Crippen molar-refractivity contribution in [2.45, 2.75) is 65.1 Å². The summed E-state index contributed by atoms with van der Waals surface area (Å²) in [6.45, 7) is 11.2. The van der Waals surface area contributed by atoms with E-state index in [0.717, 1.165) is 25.9 Å². The first-order chi connectivity index (χ1) is 9.84. The van der Waals surface area contributed by atoms with E-state index in [1.165, 1.54) is 6.42 Å². The van der Waals surface area contributed by atoms with Crippen LogP contribution in [0, 0.1) is 11.8 Å². The van der Waals surface area contributed by atoms with E-state index in [1.807, 2.05) is 0 Å². The molecule has 5 heteroatoms. The maximum absolute atomic E-state index is 11.7. The fraction of sp³-hybridized carbons (Fsp3) is 1.00. The summed E-state index contributed by atoms with van der Waals surface area (Å²) in [5.74, 6) is 2.03. The minimum Gasteiger partial charge on any atom is -0.311 e. The third-order valence-corrected chi connectivity index (χ3v) is 7.23. The van der Waals surface area contributed by atoms with Crippen molar-refractivity contribution < 1.29 is 8.42 Å². The molecule has 0 bridgehead atoms. The third-order valence-electron chi connectivity index (χ3n) is 5.52. The summed E-state index contributed by atoms with van der Waals surface area (Å²) in [5.41, 5.74) is 0. The lowest BCUT2D eigenvalue weighted by Crippen LogP contribution is -2.63. The highest BCUT2D eigenvalue weighted by Crippen LogP contribution is 2.27. The standard InChI is InChI=1S/C16H32N2O2S/c1-5-13(4)15-11-18(16(10-17-15)12(2)3)14-6-8-21(19,20)9-7-14/h12-17H,5-11H2,1-4H3. The fourth-order valence-electron chi connectivity index (χ4n) is 3.73. The van der Waals surface area contributed by atoms with Crippen LogP contribution in [0.2, 0.25) is 0 Å². The van der Waals surface area contributed by atoms with Gasteiger partial charge in [-0.05, 0) is 24.7 Å². The zero-order chi connectivity index (χ0) is 15.6. The van der Waals surface area contributed by atoms with E-state index in [0.29, 0.717) is 41.5 Å². The molecule has 2 saturated heterocycles. The van der Waals surface area contributed by atoms with Crippen LogP contribution >= 0.6 is 0 Å². The second-order valence-corrected chi connectivity index (χ2v) is 9.60. The predicted molar refractivity (Wildman–Crippen MR) is 88.3 cm³/mol. The van der Waals surface area contributed by atoms with E-state index >= 15 is 0 Å². The molecule has 0 aromatic rings. The van der Waals surface area contributed by atoms with Gasteiger partial charge in [-0.3, -0.25) is 4.90 Å². The Morgan fingerprint density at radius 1 is 1.19 bits per heavy atom. The number of nitrogens with zero attached hydrogens (tertiary/aromatic N) is 1. The topological polar surface area (TPSA) is 49.4 Å². The van der Waals surface area contributed by atoms with Crippen molar-refractivity contribution in [3.05, 3.63) is 0 Å². The first-order valence-corrected chi connectivity index (χ1v) is 10.4. The second kappa shape index (κ2) is 6.97. The summed E-state index contributed by atoms with van der Waals surface area (Å²) < 4.78 is 23.4. The zero-order valence-electron chi connectivity index (χ0n) is 14.0. The predicted octanol–water partition coefficient (Wildman–Crippen LogP) is 1.91. The Balaban J connectivity index is 2.07. The molecule has 2 aliphatic rings. The summed E-state index contributed by atoms with van der Waals surface area (Å²) >= 11 is 0. The van der Waals surface area contributed by atoms with Gasteiger partial charge in [0.2, 0.25) is 0 Å². The molecule has 0 amide bonds. The maximum Gasteiger partial charge on any atom is 0.150 e. The van der Waals surface area contributed by atoms with Gasteiger partial charge in [-0.25, -0.2) is 8.42 Å². The largest absolute Gasteiger partial charge is 0.311 e. The Morgan fingerprint density at radius 3 is 2.33 bits per heavy atom. The third kappa shape index (κ3) is 4.20. The van der Waals surface area contributed by atoms with Crippen LogP contribution in [-0.4, -0.2) is 56.0 Å². The molecule has 0 aromatic heterocycles. The van der Waals surface area contributed by atoms with Gasteiger partial charge in [0.05, 0.1) is 11.5 Å². The summed E-state index contributed by atoms with van der Waals surface area (Å²) in [5, 5.41) is 3.73. The van der Waals surface area contributed by atoms with Gasteiger partial charge in [0, 0.05) is 31.2 Å². The van der Waals surface area contributed by atoms with E-state index in [2.05, 4.69) is 37.9 Å². The Labute approximate surface area is 130 Å². The van der Waals surface area contributed by atoms with E-state index in [4.69, 9.17) is 0 Å². The molecule has 124 valence electrons. The van der Waals surface area contributed by atoms with E-state index in [9.17, 15) is 8.42 Å². The Kier molecular flexibility index (Phi) is 5.71. The Morgan fingerprint density at radius 2 is 1.81 bits per heavy atom. The molecule has 2 fully saturated rings. The van der Waals surface area contributed by atoms with Gasteiger partial charge in [0.15, 0.2) is 0 Å². The normalized spacial score (nSPS) is 33.2. The average Bonchev–Trinajstić information content (AvgIpc) is 2.45. The summed E-state index contributed by atoms with van der Waals surface area (Å²) in [6, 6.07) is 1.54. The first-order valence-electron chi connectivity index (χ1n) is 8.53. The maximum atomic E-state index is 11.7. The summed E-state index contributed by atoms with van der Waals surface area (Å²) in [6.07, 6.45) is 2.83. The molecule has 0 spiro atoms. The van der Waals surface area contributed by atoms with Crippen molar-refractivity contribution in [1.29, 1.82) is 0 Å². The Bertz CT molecular complexity index is 422. The molecule has 3 unspecified atom stereocenters. The molecule has 1 N–H and O–H groups in total.